The van der Waals surface area contributed by atoms with E-state index in [0.29, 0.717) is 11.0 Å². The summed E-state index contributed by atoms with van der Waals surface area (Å²) in [5.74, 6) is 0. The van der Waals surface area contributed by atoms with Crippen LogP contribution >= 0.6 is 12.2 Å². The van der Waals surface area contributed by atoms with E-state index >= 15 is 0 Å². The third kappa shape index (κ3) is 3.39. The smallest absolute Gasteiger partial charge is 0.0740 e. The molecule has 1 aliphatic heterocycles. The maximum Gasteiger partial charge on any atom is 0.0740 e. The van der Waals surface area contributed by atoms with Crippen LogP contribution in [0.1, 0.15) is 44.9 Å². The number of rotatable bonds is 4. The van der Waals surface area contributed by atoms with Gasteiger partial charge in [0.1, 0.15) is 0 Å². The number of hydrogen-bond donors (Lipinski definition) is 1. The molecule has 17 heavy (non-hydrogen) atoms. The second-order valence-corrected chi connectivity index (χ2v) is 6.11. The predicted octanol–water partition coefficient (Wildman–Crippen LogP) is 2.09. The zero-order chi connectivity index (χ0) is 12.3. The molecule has 0 bridgehead atoms. The normalized spacial score (nSPS) is 27.8. The van der Waals surface area contributed by atoms with Crippen molar-refractivity contribution in [3.8, 4) is 0 Å². The largest absolute Gasteiger partial charge is 0.393 e. The van der Waals surface area contributed by atoms with Gasteiger partial charge in [-0.25, -0.2) is 0 Å². The molecule has 2 N–H and O–H groups in total. The Morgan fingerprint density at radius 2 is 2.18 bits per heavy atom. The van der Waals surface area contributed by atoms with Gasteiger partial charge in [-0.05, 0) is 32.7 Å². The van der Waals surface area contributed by atoms with E-state index in [1.807, 2.05) is 0 Å². The molecule has 1 unspecified atom stereocenters. The van der Waals surface area contributed by atoms with E-state index < -0.39 is 0 Å². The first-order chi connectivity index (χ1) is 8.11. The Kier molecular flexibility index (Phi) is 4.39. The molecular formula is C13H24N2OS. The summed E-state index contributed by atoms with van der Waals surface area (Å²) in [5, 5.41) is 0. The summed E-state index contributed by atoms with van der Waals surface area (Å²) < 4.78 is 6.06. The lowest BCUT2D eigenvalue weighted by Gasteiger charge is -2.41. The van der Waals surface area contributed by atoms with Crippen LogP contribution in [0.3, 0.4) is 0 Å². The van der Waals surface area contributed by atoms with Gasteiger partial charge in [0, 0.05) is 25.6 Å². The molecule has 0 radical (unpaired) electrons. The zero-order valence-corrected chi connectivity index (χ0v) is 11.6. The highest BCUT2D eigenvalue weighted by atomic mass is 32.1. The first-order valence-electron chi connectivity index (χ1n) is 6.74. The molecule has 2 rings (SSSR count). The number of nitrogens with zero attached hydrogens (tertiary/aromatic N) is 1. The fourth-order valence-corrected chi connectivity index (χ4v) is 3.31. The molecule has 1 atom stereocenters. The average Bonchev–Trinajstić information content (AvgIpc) is 2.74. The molecule has 0 aromatic carbocycles. The lowest BCUT2D eigenvalue weighted by atomic mass is 9.88. The summed E-state index contributed by atoms with van der Waals surface area (Å²) in [6, 6.07) is 0.649. The van der Waals surface area contributed by atoms with Gasteiger partial charge in [0.25, 0.3) is 0 Å². The van der Waals surface area contributed by atoms with Crippen LogP contribution in [-0.2, 0) is 4.74 Å². The Labute approximate surface area is 110 Å². The van der Waals surface area contributed by atoms with Crippen LogP contribution in [0.4, 0.5) is 0 Å². The molecule has 0 aromatic rings. The Balaban J connectivity index is 1.85. The summed E-state index contributed by atoms with van der Waals surface area (Å²) in [6.07, 6.45) is 8.36. The lowest BCUT2D eigenvalue weighted by molar-refractivity contribution is -0.0984. The van der Waals surface area contributed by atoms with Gasteiger partial charge in [-0.1, -0.05) is 25.1 Å². The van der Waals surface area contributed by atoms with E-state index in [2.05, 4.69) is 11.9 Å². The van der Waals surface area contributed by atoms with Gasteiger partial charge in [0.05, 0.1) is 10.6 Å². The fourth-order valence-electron chi connectivity index (χ4n) is 3.22. The summed E-state index contributed by atoms with van der Waals surface area (Å²) in [6.45, 7) is 1.90. The molecule has 0 aromatic heterocycles. The van der Waals surface area contributed by atoms with E-state index in [-0.39, 0.29) is 5.60 Å². The number of ether oxygens (including phenoxy) is 1. The predicted molar refractivity (Wildman–Crippen MR) is 74.2 cm³/mol. The van der Waals surface area contributed by atoms with Crippen molar-refractivity contribution in [2.24, 2.45) is 5.73 Å². The summed E-state index contributed by atoms with van der Waals surface area (Å²) in [4.78, 5) is 3.04. The number of nitrogens with two attached hydrogens (primary N) is 1. The first-order valence-corrected chi connectivity index (χ1v) is 7.15. The van der Waals surface area contributed by atoms with E-state index in [1.165, 1.54) is 32.1 Å². The van der Waals surface area contributed by atoms with Crippen molar-refractivity contribution in [3.63, 3.8) is 0 Å². The third-order valence-electron chi connectivity index (χ3n) is 4.32. The second-order valence-electron chi connectivity index (χ2n) is 5.58. The van der Waals surface area contributed by atoms with Gasteiger partial charge in [0.2, 0.25) is 0 Å². The van der Waals surface area contributed by atoms with Crippen molar-refractivity contribution in [2.75, 3.05) is 20.2 Å². The lowest BCUT2D eigenvalue weighted by Crippen LogP contribution is -2.46. The molecule has 2 aliphatic rings. The van der Waals surface area contributed by atoms with Crippen LogP contribution in [-0.4, -0.2) is 41.7 Å². The minimum absolute atomic E-state index is 0.209. The fraction of sp³-hybridized carbons (Fsp3) is 0.923. The Bertz CT molecular complexity index is 277. The maximum absolute atomic E-state index is 6.06. The molecule has 1 heterocycles. The standard InChI is InChI=1S/C13H24N2OS/c1-15(8-4-12(14)17)11-5-9-16-13(10-11)6-2-3-7-13/h11H,2-10H2,1H3,(H2,14,17). The first kappa shape index (κ1) is 13.2. The van der Waals surface area contributed by atoms with Crippen LogP contribution < -0.4 is 5.73 Å². The monoisotopic (exact) mass is 256 g/mol. The molecule has 2 fully saturated rings. The van der Waals surface area contributed by atoms with Gasteiger partial charge in [-0.3, -0.25) is 0 Å². The van der Waals surface area contributed by atoms with Crippen molar-refractivity contribution in [1.29, 1.82) is 0 Å². The topological polar surface area (TPSA) is 38.5 Å². The molecular weight excluding hydrogens is 232 g/mol. The highest BCUT2D eigenvalue weighted by molar-refractivity contribution is 7.80. The third-order valence-corrected chi connectivity index (χ3v) is 4.52. The van der Waals surface area contributed by atoms with Gasteiger partial charge < -0.3 is 15.4 Å². The minimum atomic E-state index is 0.209. The maximum atomic E-state index is 6.06. The minimum Gasteiger partial charge on any atom is -0.393 e. The molecule has 98 valence electrons. The summed E-state index contributed by atoms with van der Waals surface area (Å²) in [5.41, 5.74) is 5.77. The molecule has 1 spiro atoms. The van der Waals surface area contributed by atoms with Crippen LogP contribution in [0.25, 0.3) is 0 Å². The Morgan fingerprint density at radius 3 is 2.82 bits per heavy atom. The number of hydrogen-bond acceptors (Lipinski definition) is 3. The zero-order valence-electron chi connectivity index (χ0n) is 10.8. The highest BCUT2D eigenvalue weighted by Gasteiger charge is 2.40. The number of thiocarbonyl (C=S) groups is 1. The molecule has 1 saturated carbocycles. The average molecular weight is 256 g/mol. The Morgan fingerprint density at radius 1 is 1.47 bits per heavy atom. The van der Waals surface area contributed by atoms with E-state index in [1.54, 1.807) is 0 Å². The van der Waals surface area contributed by atoms with Crippen molar-refractivity contribution in [2.45, 2.75) is 56.6 Å². The SMILES string of the molecule is CN(CCC(N)=S)C1CCOC2(CCCC2)C1. The molecule has 3 nitrogen and oxygen atoms in total. The molecule has 0 amide bonds. The van der Waals surface area contributed by atoms with Crippen LogP contribution in [0.15, 0.2) is 0 Å². The Hall–Kier alpha value is -0.190. The molecule has 4 heteroatoms. The van der Waals surface area contributed by atoms with E-state index in [0.717, 1.165) is 26.0 Å². The van der Waals surface area contributed by atoms with Gasteiger partial charge in [0.15, 0.2) is 0 Å². The van der Waals surface area contributed by atoms with Gasteiger partial charge in [-0.15, -0.1) is 0 Å². The summed E-state index contributed by atoms with van der Waals surface area (Å²) >= 11 is 4.94. The van der Waals surface area contributed by atoms with Crippen molar-refractivity contribution in [3.05, 3.63) is 0 Å². The second kappa shape index (κ2) is 5.63. The molecule has 1 aliphatic carbocycles. The van der Waals surface area contributed by atoms with Crippen LogP contribution in [0.5, 0.6) is 0 Å². The van der Waals surface area contributed by atoms with E-state index in [9.17, 15) is 0 Å². The summed E-state index contributed by atoms with van der Waals surface area (Å²) in [7, 11) is 2.19. The highest BCUT2D eigenvalue weighted by Crippen LogP contribution is 2.40. The van der Waals surface area contributed by atoms with Crippen molar-refractivity contribution in [1.82, 2.24) is 4.90 Å². The van der Waals surface area contributed by atoms with Gasteiger partial charge in [-0.2, -0.15) is 0 Å². The quantitative estimate of drug-likeness (QED) is 0.782. The van der Waals surface area contributed by atoms with Crippen molar-refractivity contribution >= 4 is 17.2 Å². The van der Waals surface area contributed by atoms with Crippen molar-refractivity contribution < 1.29 is 4.74 Å². The van der Waals surface area contributed by atoms with E-state index in [4.69, 9.17) is 22.7 Å². The molecule has 1 saturated heterocycles. The van der Waals surface area contributed by atoms with Crippen LogP contribution in [0, 0.1) is 0 Å². The van der Waals surface area contributed by atoms with Gasteiger partial charge >= 0.3 is 0 Å². The van der Waals surface area contributed by atoms with Crippen LogP contribution in [0.2, 0.25) is 0 Å².